The Balaban J connectivity index is 2.37. The number of methoxy groups -OCH3 is 4. The van der Waals surface area contributed by atoms with E-state index in [-0.39, 0.29) is 0 Å². The Hall–Kier alpha value is -1.84. The highest BCUT2D eigenvalue weighted by molar-refractivity contribution is 5.72. The highest BCUT2D eigenvalue weighted by Gasteiger charge is 2.40. The third kappa shape index (κ3) is 1.81. The second kappa shape index (κ2) is 5.17. The quantitative estimate of drug-likeness (QED) is 0.793. The maximum Gasteiger partial charge on any atom is 0.207 e. The van der Waals surface area contributed by atoms with Crippen LogP contribution in [0.4, 0.5) is 0 Å². The maximum atomic E-state index is 5.69. The standard InChI is InChI=1S/C17H22O4/c1-9-8-10-6-7-11(9)13-12(10)14(18-2)16(20-4)17(21-5)15(13)19-3/h8,10-11H,6-7H2,1-5H3/t10-,11+/m1/s1. The van der Waals surface area contributed by atoms with Crippen molar-refractivity contribution >= 4 is 0 Å². The number of hydrogen-bond acceptors (Lipinski definition) is 4. The van der Waals surface area contributed by atoms with E-state index in [0.717, 1.165) is 24.3 Å². The van der Waals surface area contributed by atoms with Crippen LogP contribution in [0.2, 0.25) is 0 Å². The molecule has 0 fully saturated rings. The molecule has 0 amide bonds. The van der Waals surface area contributed by atoms with Crippen molar-refractivity contribution < 1.29 is 18.9 Å². The van der Waals surface area contributed by atoms with Gasteiger partial charge in [0, 0.05) is 23.0 Å². The van der Waals surface area contributed by atoms with E-state index in [1.165, 1.54) is 16.7 Å². The van der Waals surface area contributed by atoms with Crippen LogP contribution in [-0.2, 0) is 0 Å². The van der Waals surface area contributed by atoms with E-state index in [2.05, 4.69) is 13.0 Å². The highest BCUT2D eigenvalue weighted by Crippen LogP contribution is 2.60. The van der Waals surface area contributed by atoms with Crippen molar-refractivity contribution in [3.05, 3.63) is 22.8 Å². The highest BCUT2D eigenvalue weighted by atomic mass is 16.5. The van der Waals surface area contributed by atoms with Crippen LogP contribution < -0.4 is 18.9 Å². The molecule has 4 rings (SSSR count). The lowest BCUT2D eigenvalue weighted by Gasteiger charge is -2.39. The molecular weight excluding hydrogens is 268 g/mol. The molecule has 1 aromatic rings. The van der Waals surface area contributed by atoms with Crippen LogP contribution in [-0.4, -0.2) is 28.4 Å². The summed E-state index contributed by atoms with van der Waals surface area (Å²) in [5.74, 6) is 3.56. The third-order valence-corrected chi connectivity index (χ3v) is 4.71. The van der Waals surface area contributed by atoms with E-state index in [4.69, 9.17) is 18.9 Å². The maximum absolute atomic E-state index is 5.69. The minimum absolute atomic E-state index is 0.369. The molecule has 0 aromatic heterocycles. The average Bonchev–Trinajstić information content (AvgIpc) is 2.52. The van der Waals surface area contributed by atoms with Crippen LogP contribution in [0.25, 0.3) is 0 Å². The Morgan fingerprint density at radius 2 is 1.29 bits per heavy atom. The molecule has 1 aromatic carbocycles. The van der Waals surface area contributed by atoms with Gasteiger partial charge >= 0.3 is 0 Å². The molecule has 2 bridgehead atoms. The molecule has 0 aliphatic heterocycles. The summed E-state index contributed by atoms with van der Waals surface area (Å²) in [6.45, 7) is 2.20. The van der Waals surface area contributed by atoms with Gasteiger partial charge < -0.3 is 18.9 Å². The van der Waals surface area contributed by atoms with Gasteiger partial charge in [0.25, 0.3) is 0 Å². The third-order valence-electron chi connectivity index (χ3n) is 4.71. The van der Waals surface area contributed by atoms with Crippen LogP contribution in [0.3, 0.4) is 0 Å². The molecule has 114 valence electrons. The minimum Gasteiger partial charge on any atom is -0.492 e. The lowest BCUT2D eigenvalue weighted by molar-refractivity contribution is 0.295. The molecule has 21 heavy (non-hydrogen) atoms. The zero-order valence-electron chi connectivity index (χ0n) is 13.3. The molecule has 0 spiro atoms. The fraction of sp³-hybridized carbons (Fsp3) is 0.529. The van der Waals surface area contributed by atoms with E-state index in [1.807, 2.05) is 0 Å². The molecule has 0 radical (unpaired) electrons. The van der Waals surface area contributed by atoms with Gasteiger partial charge in [-0.2, -0.15) is 0 Å². The topological polar surface area (TPSA) is 36.9 Å². The van der Waals surface area contributed by atoms with Gasteiger partial charge in [-0.1, -0.05) is 11.6 Å². The molecule has 0 saturated carbocycles. The molecule has 4 heteroatoms. The van der Waals surface area contributed by atoms with Crippen molar-refractivity contribution in [2.45, 2.75) is 31.6 Å². The Labute approximate surface area is 125 Å². The minimum atomic E-state index is 0.369. The first-order chi connectivity index (χ1) is 10.2. The summed E-state index contributed by atoms with van der Waals surface area (Å²) in [4.78, 5) is 0. The van der Waals surface area contributed by atoms with Crippen LogP contribution in [0.5, 0.6) is 23.0 Å². The first-order valence-corrected chi connectivity index (χ1v) is 7.25. The van der Waals surface area contributed by atoms with Crippen LogP contribution in [0, 0.1) is 0 Å². The van der Waals surface area contributed by atoms with Crippen LogP contribution in [0.1, 0.15) is 42.7 Å². The van der Waals surface area contributed by atoms with Crippen molar-refractivity contribution in [2.24, 2.45) is 0 Å². The van der Waals surface area contributed by atoms with Crippen molar-refractivity contribution in [3.63, 3.8) is 0 Å². The van der Waals surface area contributed by atoms with Crippen molar-refractivity contribution in [2.75, 3.05) is 28.4 Å². The summed E-state index contributed by atoms with van der Waals surface area (Å²) in [6.07, 6.45) is 4.64. The van der Waals surface area contributed by atoms with Gasteiger partial charge in [0.05, 0.1) is 28.4 Å². The monoisotopic (exact) mass is 290 g/mol. The second-order valence-corrected chi connectivity index (χ2v) is 5.61. The zero-order valence-corrected chi connectivity index (χ0v) is 13.3. The average molecular weight is 290 g/mol. The van der Waals surface area contributed by atoms with E-state index < -0.39 is 0 Å². The summed E-state index contributed by atoms with van der Waals surface area (Å²) in [5.41, 5.74) is 3.82. The molecule has 0 N–H and O–H groups in total. The van der Waals surface area contributed by atoms with Crippen LogP contribution in [0.15, 0.2) is 11.6 Å². The number of fused-ring (bicyclic) bond motifs is 1. The SMILES string of the molecule is COc1c(OC)c(OC)c2c(c1OC)[C@H]1C=C(C)[C@@H]2CC1. The predicted octanol–water partition coefficient (Wildman–Crippen LogP) is 3.64. The summed E-state index contributed by atoms with van der Waals surface area (Å²) >= 11 is 0. The summed E-state index contributed by atoms with van der Waals surface area (Å²) in [5, 5.41) is 0. The first-order valence-electron chi connectivity index (χ1n) is 7.25. The molecule has 4 nitrogen and oxygen atoms in total. The summed E-state index contributed by atoms with van der Waals surface area (Å²) in [6, 6.07) is 0. The Morgan fingerprint density at radius 3 is 1.76 bits per heavy atom. The number of benzene rings is 1. The van der Waals surface area contributed by atoms with E-state index in [1.54, 1.807) is 28.4 Å². The number of hydrogen-bond donors (Lipinski definition) is 0. The molecule has 2 atom stereocenters. The van der Waals surface area contributed by atoms with E-state index >= 15 is 0 Å². The Morgan fingerprint density at radius 1 is 0.762 bits per heavy atom. The molecule has 3 aliphatic rings. The molecule has 0 saturated heterocycles. The van der Waals surface area contributed by atoms with Gasteiger partial charge in [-0.25, -0.2) is 0 Å². The molecule has 3 aliphatic carbocycles. The predicted molar refractivity (Wildman–Crippen MR) is 81.1 cm³/mol. The van der Waals surface area contributed by atoms with Crippen molar-refractivity contribution in [3.8, 4) is 23.0 Å². The number of ether oxygens (including phenoxy) is 4. The molecule has 0 unspecified atom stereocenters. The number of allylic oxidation sites excluding steroid dienone is 2. The zero-order chi connectivity index (χ0) is 15.1. The smallest absolute Gasteiger partial charge is 0.207 e. The van der Waals surface area contributed by atoms with Gasteiger partial charge in [-0.05, 0) is 19.8 Å². The van der Waals surface area contributed by atoms with E-state index in [9.17, 15) is 0 Å². The Kier molecular flexibility index (Phi) is 3.47. The summed E-state index contributed by atoms with van der Waals surface area (Å²) < 4.78 is 22.5. The van der Waals surface area contributed by atoms with E-state index in [0.29, 0.717) is 23.3 Å². The lowest BCUT2D eigenvalue weighted by Crippen LogP contribution is -2.22. The summed E-state index contributed by atoms with van der Waals surface area (Å²) in [7, 11) is 6.64. The fourth-order valence-electron chi connectivity index (χ4n) is 3.88. The normalized spacial score (nSPS) is 22.4. The van der Waals surface area contributed by atoms with Crippen molar-refractivity contribution in [1.82, 2.24) is 0 Å². The van der Waals surface area contributed by atoms with Gasteiger partial charge in [0.15, 0.2) is 11.5 Å². The second-order valence-electron chi connectivity index (χ2n) is 5.61. The van der Waals surface area contributed by atoms with Gasteiger partial charge in [0.2, 0.25) is 11.5 Å². The lowest BCUT2D eigenvalue weighted by atomic mass is 9.67. The fourth-order valence-corrected chi connectivity index (χ4v) is 3.88. The van der Waals surface area contributed by atoms with Crippen LogP contribution >= 0.6 is 0 Å². The van der Waals surface area contributed by atoms with Gasteiger partial charge in [-0.3, -0.25) is 0 Å². The Bertz CT molecular complexity index is 604. The molecule has 0 heterocycles. The van der Waals surface area contributed by atoms with Gasteiger partial charge in [-0.15, -0.1) is 0 Å². The first kappa shape index (κ1) is 14.1. The number of rotatable bonds is 4. The van der Waals surface area contributed by atoms with Gasteiger partial charge in [0.1, 0.15) is 0 Å². The molecular formula is C17H22O4. The largest absolute Gasteiger partial charge is 0.492 e. The van der Waals surface area contributed by atoms with Crippen molar-refractivity contribution in [1.29, 1.82) is 0 Å².